The largest absolute Gasteiger partial charge is 0.356 e. The molecule has 1 saturated heterocycles. The number of anilines is 1. The summed E-state index contributed by atoms with van der Waals surface area (Å²) in [4.78, 5) is 32.6. The van der Waals surface area contributed by atoms with Crippen molar-refractivity contribution >= 4 is 17.6 Å². The van der Waals surface area contributed by atoms with Gasteiger partial charge in [0.25, 0.3) is 5.91 Å². The van der Waals surface area contributed by atoms with Gasteiger partial charge in [0.15, 0.2) is 0 Å². The van der Waals surface area contributed by atoms with E-state index in [0.717, 1.165) is 10.6 Å². The fourth-order valence-electron chi connectivity index (χ4n) is 1.71. The van der Waals surface area contributed by atoms with Crippen molar-refractivity contribution in [3.63, 3.8) is 0 Å². The lowest BCUT2D eigenvalue weighted by Crippen LogP contribution is -2.32. The molecule has 2 heterocycles. The SMILES string of the molecule is Cc1cnc(C)c(NC2CC(=O)N(C)C2=O)n1. The van der Waals surface area contributed by atoms with Gasteiger partial charge in [-0.3, -0.25) is 19.5 Å². The van der Waals surface area contributed by atoms with Gasteiger partial charge in [0.2, 0.25) is 5.91 Å². The molecule has 1 aromatic heterocycles. The smallest absolute Gasteiger partial charge is 0.251 e. The number of carbonyl (C=O) groups is 2. The van der Waals surface area contributed by atoms with E-state index in [1.807, 2.05) is 6.92 Å². The van der Waals surface area contributed by atoms with Crippen LogP contribution in [0.3, 0.4) is 0 Å². The summed E-state index contributed by atoms with van der Waals surface area (Å²) in [5.74, 6) is 0.162. The van der Waals surface area contributed by atoms with Crippen molar-refractivity contribution in [2.24, 2.45) is 0 Å². The van der Waals surface area contributed by atoms with E-state index in [9.17, 15) is 9.59 Å². The molecular formula is C11H14N4O2. The third-order valence-corrected chi connectivity index (χ3v) is 2.77. The number of aromatic nitrogens is 2. The van der Waals surface area contributed by atoms with Crippen LogP contribution in [0.4, 0.5) is 5.82 Å². The number of likely N-dealkylation sites (N-methyl/N-ethyl adjacent to an activating group) is 1. The molecule has 0 aliphatic carbocycles. The normalized spacial score (nSPS) is 19.9. The molecule has 1 unspecified atom stereocenters. The first-order valence-electron chi connectivity index (χ1n) is 5.36. The number of rotatable bonds is 2. The number of imide groups is 1. The minimum absolute atomic E-state index is 0.171. The van der Waals surface area contributed by atoms with Crippen LogP contribution in [0.25, 0.3) is 0 Å². The molecule has 0 radical (unpaired) electrons. The van der Waals surface area contributed by atoms with Crippen molar-refractivity contribution in [1.29, 1.82) is 0 Å². The Bertz CT molecular complexity index is 486. The molecule has 1 aliphatic heterocycles. The number of nitrogens with one attached hydrogen (secondary N) is 1. The van der Waals surface area contributed by atoms with Crippen LogP contribution in [0, 0.1) is 13.8 Å². The van der Waals surface area contributed by atoms with Crippen LogP contribution in [0.15, 0.2) is 6.20 Å². The molecule has 0 aromatic carbocycles. The van der Waals surface area contributed by atoms with Gasteiger partial charge in [-0.2, -0.15) is 0 Å². The van der Waals surface area contributed by atoms with E-state index >= 15 is 0 Å². The highest BCUT2D eigenvalue weighted by Gasteiger charge is 2.36. The van der Waals surface area contributed by atoms with Crippen LogP contribution in [-0.2, 0) is 9.59 Å². The Hall–Kier alpha value is -1.98. The molecule has 1 fully saturated rings. The van der Waals surface area contributed by atoms with Crippen molar-refractivity contribution < 1.29 is 9.59 Å². The zero-order valence-electron chi connectivity index (χ0n) is 10.0. The Morgan fingerprint density at radius 3 is 2.71 bits per heavy atom. The summed E-state index contributed by atoms with van der Waals surface area (Å²) in [5.41, 5.74) is 1.48. The molecule has 6 heteroatoms. The Morgan fingerprint density at radius 1 is 1.41 bits per heavy atom. The lowest BCUT2D eigenvalue weighted by Gasteiger charge is -2.13. The quantitative estimate of drug-likeness (QED) is 0.743. The molecule has 0 bridgehead atoms. The third kappa shape index (κ3) is 2.11. The van der Waals surface area contributed by atoms with Crippen molar-refractivity contribution in [3.05, 3.63) is 17.6 Å². The van der Waals surface area contributed by atoms with Gasteiger partial charge in [0.05, 0.1) is 17.8 Å². The molecule has 1 N–H and O–H groups in total. The molecule has 6 nitrogen and oxygen atoms in total. The van der Waals surface area contributed by atoms with E-state index in [-0.39, 0.29) is 18.2 Å². The number of aryl methyl sites for hydroxylation is 2. The van der Waals surface area contributed by atoms with Crippen LogP contribution in [-0.4, -0.2) is 39.8 Å². The average molecular weight is 234 g/mol. The number of amides is 2. The zero-order chi connectivity index (χ0) is 12.6. The maximum atomic E-state index is 11.7. The van der Waals surface area contributed by atoms with Gasteiger partial charge in [-0.25, -0.2) is 4.98 Å². The number of carbonyl (C=O) groups excluding carboxylic acids is 2. The van der Waals surface area contributed by atoms with Crippen molar-refractivity contribution in [3.8, 4) is 0 Å². The van der Waals surface area contributed by atoms with Crippen LogP contribution in [0.5, 0.6) is 0 Å². The van der Waals surface area contributed by atoms with Crippen molar-refractivity contribution in [2.75, 3.05) is 12.4 Å². The summed E-state index contributed by atoms with van der Waals surface area (Å²) in [6, 6.07) is -0.526. The standard InChI is InChI=1S/C11H14N4O2/c1-6-5-12-7(2)10(13-6)14-8-4-9(16)15(3)11(8)17/h5,8H,4H2,1-3H3,(H,13,14). The first-order valence-corrected chi connectivity index (χ1v) is 5.36. The summed E-state index contributed by atoms with van der Waals surface area (Å²) in [6.07, 6.45) is 1.83. The molecule has 0 spiro atoms. The Labute approximate surface area is 99.1 Å². The van der Waals surface area contributed by atoms with E-state index in [1.54, 1.807) is 13.1 Å². The van der Waals surface area contributed by atoms with E-state index in [0.29, 0.717) is 11.5 Å². The second-order valence-electron chi connectivity index (χ2n) is 4.14. The molecule has 0 saturated carbocycles. The van der Waals surface area contributed by atoms with Gasteiger partial charge < -0.3 is 5.32 Å². The van der Waals surface area contributed by atoms with Gasteiger partial charge in [-0.1, -0.05) is 0 Å². The fraction of sp³-hybridized carbons (Fsp3) is 0.455. The van der Waals surface area contributed by atoms with Gasteiger partial charge >= 0.3 is 0 Å². The zero-order valence-corrected chi connectivity index (χ0v) is 10.0. The Morgan fingerprint density at radius 2 is 2.12 bits per heavy atom. The molecule has 2 rings (SSSR count). The van der Waals surface area contributed by atoms with Gasteiger partial charge in [-0.15, -0.1) is 0 Å². The van der Waals surface area contributed by atoms with E-state index in [4.69, 9.17) is 0 Å². The predicted molar refractivity (Wildman–Crippen MR) is 61.3 cm³/mol. The second-order valence-corrected chi connectivity index (χ2v) is 4.14. The molecule has 2 amide bonds. The monoisotopic (exact) mass is 234 g/mol. The molecular weight excluding hydrogens is 220 g/mol. The maximum Gasteiger partial charge on any atom is 0.251 e. The van der Waals surface area contributed by atoms with E-state index in [2.05, 4.69) is 15.3 Å². The topological polar surface area (TPSA) is 75.2 Å². The lowest BCUT2D eigenvalue weighted by atomic mass is 10.2. The first kappa shape index (κ1) is 11.5. The number of hydrogen-bond donors (Lipinski definition) is 1. The highest BCUT2D eigenvalue weighted by Crippen LogP contribution is 2.17. The number of nitrogens with zero attached hydrogens (tertiary/aromatic N) is 3. The van der Waals surface area contributed by atoms with Crippen LogP contribution >= 0.6 is 0 Å². The molecule has 1 atom stereocenters. The Balaban J connectivity index is 2.19. The molecule has 1 aliphatic rings. The highest BCUT2D eigenvalue weighted by molar-refractivity contribution is 6.06. The van der Waals surface area contributed by atoms with Gasteiger partial charge in [-0.05, 0) is 13.8 Å². The fourth-order valence-corrected chi connectivity index (χ4v) is 1.71. The van der Waals surface area contributed by atoms with Crippen LogP contribution in [0.1, 0.15) is 17.8 Å². The Kier molecular flexibility index (Phi) is 2.79. The summed E-state index contributed by atoms with van der Waals surface area (Å²) in [7, 11) is 1.49. The highest BCUT2D eigenvalue weighted by atomic mass is 16.2. The van der Waals surface area contributed by atoms with Crippen LogP contribution < -0.4 is 5.32 Å². The molecule has 90 valence electrons. The van der Waals surface area contributed by atoms with E-state index < -0.39 is 6.04 Å². The summed E-state index contributed by atoms with van der Waals surface area (Å²) >= 11 is 0. The number of hydrogen-bond acceptors (Lipinski definition) is 5. The molecule has 1 aromatic rings. The van der Waals surface area contributed by atoms with E-state index in [1.165, 1.54) is 7.05 Å². The minimum Gasteiger partial charge on any atom is -0.356 e. The summed E-state index contributed by atoms with van der Waals surface area (Å²) in [6.45, 7) is 3.63. The minimum atomic E-state index is -0.526. The van der Waals surface area contributed by atoms with Gasteiger partial charge in [0, 0.05) is 13.2 Å². The van der Waals surface area contributed by atoms with Gasteiger partial charge in [0.1, 0.15) is 11.9 Å². The summed E-state index contributed by atoms with van der Waals surface area (Å²) in [5, 5.41) is 2.97. The number of likely N-dealkylation sites (tertiary alicyclic amines) is 1. The van der Waals surface area contributed by atoms with Crippen molar-refractivity contribution in [1.82, 2.24) is 14.9 Å². The lowest BCUT2D eigenvalue weighted by molar-refractivity contribution is -0.136. The summed E-state index contributed by atoms with van der Waals surface area (Å²) < 4.78 is 0. The maximum absolute atomic E-state index is 11.7. The average Bonchev–Trinajstić information content (AvgIpc) is 2.52. The second kappa shape index (κ2) is 4.12. The molecule has 17 heavy (non-hydrogen) atoms. The van der Waals surface area contributed by atoms with Crippen LogP contribution in [0.2, 0.25) is 0 Å². The predicted octanol–water partition coefficient (Wildman–Crippen LogP) is 0.263. The van der Waals surface area contributed by atoms with Crippen molar-refractivity contribution in [2.45, 2.75) is 26.3 Å². The first-order chi connectivity index (χ1) is 7.99. The third-order valence-electron chi connectivity index (χ3n) is 2.77.